The molecule has 0 bridgehead atoms. The van der Waals surface area contributed by atoms with E-state index in [1.165, 1.54) is 67.0 Å². The summed E-state index contributed by atoms with van der Waals surface area (Å²) in [5.74, 6) is -3.85. The summed E-state index contributed by atoms with van der Waals surface area (Å²) >= 11 is 9.25. The molecule has 6 rings (SSSR count). The van der Waals surface area contributed by atoms with Gasteiger partial charge in [0.25, 0.3) is 5.91 Å². The van der Waals surface area contributed by atoms with Crippen molar-refractivity contribution in [3.05, 3.63) is 46.4 Å². The average molecular weight is 747 g/mol. The lowest BCUT2D eigenvalue weighted by atomic mass is 9.94. The number of aromatic nitrogens is 2. The van der Waals surface area contributed by atoms with E-state index < -0.39 is 23.8 Å². The van der Waals surface area contributed by atoms with E-state index in [9.17, 15) is 29.4 Å². The number of thiazole rings is 1. The van der Waals surface area contributed by atoms with Gasteiger partial charge in [-0.3, -0.25) is 19.8 Å². The number of nitrogens with one attached hydrogen (secondary N) is 1. The minimum atomic E-state index is -1.26. The number of pyridine rings is 1. The fourth-order valence-electron chi connectivity index (χ4n) is 6.38. The molecule has 1 saturated carbocycles. The molecule has 3 aromatic rings. The lowest BCUT2D eigenvalue weighted by molar-refractivity contribution is -0.142. The number of hydrogen-bond acceptors (Lipinski definition) is 12. The summed E-state index contributed by atoms with van der Waals surface area (Å²) in [5.41, 5.74) is 1.04. The van der Waals surface area contributed by atoms with E-state index in [1.54, 1.807) is 0 Å². The van der Waals surface area contributed by atoms with Gasteiger partial charge in [-0.15, -0.1) is 11.3 Å². The van der Waals surface area contributed by atoms with Crippen molar-refractivity contribution in [1.82, 2.24) is 14.9 Å². The summed E-state index contributed by atoms with van der Waals surface area (Å²) in [6.45, 7) is 4.80. The minimum absolute atomic E-state index is 0.110. The number of aliphatic carboxylic acids is 3. The number of piperazine rings is 1. The molecule has 5 heterocycles. The Morgan fingerprint density at radius 1 is 0.880 bits per heavy atom. The summed E-state index contributed by atoms with van der Waals surface area (Å²) in [6, 6.07) is 4.01. The van der Waals surface area contributed by atoms with Crippen LogP contribution in [0.5, 0.6) is 5.75 Å². The summed E-state index contributed by atoms with van der Waals surface area (Å²) < 4.78 is 0. The first-order chi connectivity index (χ1) is 24.0. The first-order valence-corrected chi connectivity index (χ1v) is 18.4. The van der Waals surface area contributed by atoms with Crippen molar-refractivity contribution in [3.8, 4) is 16.3 Å². The summed E-state index contributed by atoms with van der Waals surface area (Å²) in [5, 5.41) is 42.5. The predicted octanol–water partition coefficient (Wildman–Crippen LogP) is 5.35. The first kappa shape index (κ1) is 37.0. The summed E-state index contributed by atoms with van der Waals surface area (Å²) in [4.78, 5) is 60.6. The van der Waals surface area contributed by atoms with Gasteiger partial charge in [0.2, 0.25) is 0 Å². The van der Waals surface area contributed by atoms with Gasteiger partial charge in [0.15, 0.2) is 16.7 Å². The molecule has 50 heavy (non-hydrogen) atoms. The highest BCUT2D eigenvalue weighted by Crippen LogP contribution is 2.42. The Hall–Kier alpha value is -4.25. The quantitative estimate of drug-likeness (QED) is 0.176. The topological polar surface area (TPSA) is 197 Å². The maximum atomic E-state index is 13.2. The van der Waals surface area contributed by atoms with Crippen molar-refractivity contribution in [3.63, 3.8) is 0 Å². The van der Waals surface area contributed by atoms with Crippen LogP contribution < -0.4 is 15.1 Å². The largest absolute Gasteiger partial charge is 0.504 e. The van der Waals surface area contributed by atoms with Crippen LogP contribution in [0.3, 0.4) is 0 Å². The van der Waals surface area contributed by atoms with Gasteiger partial charge in [-0.25, -0.2) is 19.6 Å². The molecular weight excluding hydrogens is 708 g/mol. The highest BCUT2D eigenvalue weighted by atomic mass is 35.5. The van der Waals surface area contributed by atoms with Crippen LogP contribution in [0.1, 0.15) is 55.3 Å². The van der Waals surface area contributed by atoms with Crippen LogP contribution in [0.2, 0.25) is 5.02 Å². The molecule has 0 aromatic carbocycles. The molecule has 0 radical (unpaired) electrons. The third-order valence-electron chi connectivity index (χ3n) is 8.94. The van der Waals surface area contributed by atoms with Gasteiger partial charge >= 0.3 is 17.9 Å². The Morgan fingerprint density at radius 3 is 2.10 bits per heavy atom. The van der Waals surface area contributed by atoms with E-state index in [4.69, 9.17) is 26.8 Å². The molecule has 2 saturated heterocycles. The van der Waals surface area contributed by atoms with Crippen LogP contribution in [-0.4, -0.2) is 104 Å². The second-order valence-electron chi connectivity index (χ2n) is 12.2. The molecule has 1 amide bonds. The number of piperidine rings is 1. The van der Waals surface area contributed by atoms with Gasteiger partial charge in [-0.2, -0.15) is 0 Å². The molecule has 3 aromatic heterocycles. The van der Waals surface area contributed by atoms with Crippen LogP contribution in [0.15, 0.2) is 35.9 Å². The SMILES string of the molecule is O=C(Nc1nc(-c2cc(Cl)cs2)c(N2CCN(C3CCCCC3)CC2)s1)c1cnc(N2CCC(C(=O)O)CC2)c(O)c1.O=C(O)/C=C\C(=O)O. The molecule has 3 aliphatic rings. The van der Waals surface area contributed by atoms with E-state index >= 15 is 0 Å². The maximum Gasteiger partial charge on any atom is 0.328 e. The normalized spacial score (nSPS) is 17.7. The Bertz CT molecular complexity index is 1690. The van der Waals surface area contributed by atoms with E-state index in [-0.39, 0.29) is 17.2 Å². The average Bonchev–Trinajstić information content (AvgIpc) is 3.74. The zero-order valence-corrected chi connectivity index (χ0v) is 29.6. The highest BCUT2D eigenvalue weighted by Gasteiger charge is 2.29. The van der Waals surface area contributed by atoms with Crippen molar-refractivity contribution >= 4 is 74.0 Å². The van der Waals surface area contributed by atoms with Gasteiger partial charge in [0.1, 0.15) is 10.7 Å². The van der Waals surface area contributed by atoms with Gasteiger partial charge in [0.05, 0.1) is 21.4 Å². The molecule has 0 atom stereocenters. The Labute approximate surface area is 301 Å². The lowest BCUT2D eigenvalue weighted by Crippen LogP contribution is -2.50. The molecule has 2 aliphatic heterocycles. The number of nitrogens with zero attached hydrogens (tertiary/aromatic N) is 5. The number of thiophene rings is 1. The fourth-order valence-corrected chi connectivity index (χ4v) is 8.53. The third kappa shape index (κ3) is 9.71. The number of amides is 1. The number of carbonyl (C=O) groups excluding carboxylic acids is 1. The second kappa shape index (κ2) is 17.1. The zero-order chi connectivity index (χ0) is 35.8. The predicted molar refractivity (Wildman–Crippen MR) is 192 cm³/mol. The molecule has 17 heteroatoms. The zero-order valence-electron chi connectivity index (χ0n) is 27.2. The van der Waals surface area contributed by atoms with E-state index in [0.29, 0.717) is 60.1 Å². The van der Waals surface area contributed by atoms with Crippen LogP contribution in [0, 0.1) is 5.92 Å². The van der Waals surface area contributed by atoms with E-state index in [2.05, 4.69) is 20.1 Å². The molecule has 0 spiro atoms. The number of anilines is 3. The third-order valence-corrected chi connectivity index (χ3v) is 11.3. The van der Waals surface area contributed by atoms with Crippen molar-refractivity contribution in [2.24, 2.45) is 5.92 Å². The molecule has 5 N–H and O–H groups in total. The van der Waals surface area contributed by atoms with Crippen LogP contribution in [0.4, 0.5) is 16.0 Å². The number of carbonyl (C=O) groups is 4. The monoisotopic (exact) mass is 746 g/mol. The van der Waals surface area contributed by atoms with E-state index in [1.807, 2.05) is 16.3 Å². The molecule has 14 nitrogen and oxygen atoms in total. The standard InChI is InChI=1S/C29H35ClN6O4S2.C4H4O4/c30-20-15-23(41-17-20)24-27(36-12-10-34(11-13-36)21-4-2-1-3-5-21)42-29(32-24)33-26(38)19-14-22(37)25(31-16-19)35-8-6-18(7-9-35)28(39)40;5-3(6)1-2-4(7)8/h14-18,21,37H,1-13H2,(H,39,40)(H,32,33,38);1-2H,(H,5,6)(H,7,8)/b;2-1-. The van der Waals surface area contributed by atoms with Gasteiger partial charge in [-0.1, -0.05) is 42.2 Å². The minimum Gasteiger partial charge on any atom is -0.504 e. The number of carboxylic acids is 3. The Kier molecular flexibility index (Phi) is 12.7. The number of carboxylic acid groups (broad SMARTS) is 3. The molecular formula is C33H39ClN6O8S2. The molecule has 268 valence electrons. The number of rotatable bonds is 9. The second-order valence-corrected chi connectivity index (χ2v) is 14.6. The molecule has 1 aliphatic carbocycles. The maximum absolute atomic E-state index is 13.2. The van der Waals surface area contributed by atoms with Crippen molar-refractivity contribution < 1.29 is 39.6 Å². The van der Waals surface area contributed by atoms with Gasteiger partial charge in [0, 0.05) is 69.0 Å². The van der Waals surface area contributed by atoms with Crippen molar-refractivity contribution in [2.45, 2.75) is 51.0 Å². The van der Waals surface area contributed by atoms with Crippen LogP contribution in [0.25, 0.3) is 10.6 Å². The van der Waals surface area contributed by atoms with Crippen molar-refractivity contribution in [2.75, 3.05) is 54.4 Å². The molecule has 3 fully saturated rings. The van der Waals surface area contributed by atoms with Crippen LogP contribution in [-0.2, 0) is 14.4 Å². The smallest absolute Gasteiger partial charge is 0.328 e. The number of hydrogen-bond donors (Lipinski definition) is 5. The summed E-state index contributed by atoms with van der Waals surface area (Å²) in [6.07, 6.45) is 10.1. The van der Waals surface area contributed by atoms with E-state index in [0.717, 1.165) is 41.8 Å². The van der Waals surface area contributed by atoms with Gasteiger partial charge < -0.3 is 30.2 Å². The van der Waals surface area contributed by atoms with Crippen molar-refractivity contribution in [1.29, 1.82) is 0 Å². The number of aromatic hydroxyl groups is 1. The molecule has 0 unspecified atom stereocenters. The fraction of sp³-hybridized carbons (Fsp3) is 0.455. The highest BCUT2D eigenvalue weighted by molar-refractivity contribution is 7.21. The Balaban J connectivity index is 0.000000544. The first-order valence-electron chi connectivity index (χ1n) is 16.3. The van der Waals surface area contributed by atoms with Crippen LogP contribution >= 0.6 is 34.3 Å². The number of halogens is 1. The summed E-state index contributed by atoms with van der Waals surface area (Å²) in [7, 11) is 0. The lowest BCUT2D eigenvalue weighted by Gasteiger charge is -2.41. The van der Waals surface area contributed by atoms with Gasteiger partial charge in [-0.05, 0) is 37.8 Å². The Morgan fingerprint density at radius 2 is 1.54 bits per heavy atom.